The van der Waals surface area contributed by atoms with Gasteiger partial charge in [0.15, 0.2) is 0 Å². The molecule has 1 fully saturated rings. The van der Waals surface area contributed by atoms with Crippen molar-refractivity contribution in [3.8, 4) is 0 Å². The number of nitrogens with zero attached hydrogens (tertiary/aromatic N) is 1. The number of hydrogen-bond acceptors (Lipinski definition) is 3. The van der Waals surface area contributed by atoms with Crippen LogP contribution >= 0.6 is 0 Å². The maximum atomic E-state index is 12.0. The minimum atomic E-state index is -0.764. The summed E-state index contributed by atoms with van der Waals surface area (Å²) in [5.74, 6) is -1.13. The van der Waals surface area contributed by atoms with Crippen molar-refractivity contribution < 1.29 is 14.7 Å². The van der Waals surface area contributed by atoms with Crippen LogP contribution in [0.5, 0.6) is 0 Å². The first-order valence-corrected chi connectivity index (χ1v) is 6.67. The maximum Gasteiger partial charge on any atom is 0.308 e. The average molecular weight is 256 g/mol. The van der Waals surface area contributed by atoms with Crippen LogP contribution in [-0.4, -0.2) is 46.6 Å². The summed E-state index contributed by atoms with van der Waals surface area (Å²) >= 11 is 0. The van der Waals surface area contributed by atoms with Gasteiger partial charge in [-0.2, -0.15) is 0 Å². The fourth-order valence-electron chi connectivity index (χ4n) is 2.46. The lowest BCUT2D eigenvalue weighted by Gasteiger charge is -2.29. The van der Waals surface area contributed by atoms with Gasteiger partial charge in [0.25, 0.3) is 0 Å². The molecule has 1 aliphatic heterocycles. The average Bonchev–Trinajstić information content (AvgIpc) is 2.69. The largest absolute Gasteiger partial charge is 0.481 e. The Bertz CT molecular complexity index is 319. The first-order valence-electron chi connectivity index (χ1n) is 6.67. The predicted molar refractivity (Wildman–Crippen MR) is 69.3 cm³/mol. The summed E-state index contributed by atoms with van der Waals surface area (Å²) in [5.41, 5.74) is 0. The quantitative estimate of drug-likeness (QED) is 0.772. The number of carbonyl (C=O) groups excluding carboxylic acids is 1. The molecule has 1 amide bonds. The molecular formula is C13H24N2O3. The molecule has 4 unspecified atom stereocenters. The molecule has 18 heavy (non-hydrogen) atoms. The zero-order chi connectivity index (χ0) is 13.9. The molecule has 104 valence electrons. The number of amides is 1. The van der Waals surface area contributed by atoms with Crippen molar-refractivity contribution >= 4 is 11.9 Å². The van der Waals surface area contributed by atoms with Crippen molar-refractivity contribution in [2.75, 3.05) is 6.54 Å². The topological polar surface area (TPSA) is 69.6 Å². The Balaban J connectivity index is 2.60. The van der Waals surface area contributed by atoms with Gasteiger partial charge < -0.3 is 10.4 Å². The molecule has 1 rings (SSSR count). The molecule has 0 aromatic rings. The Hall–Kier alpha value is -1.10. The molecule has 0 bridgehead atoms. The summed E-state index contributed by atoms with van der Waals surface area (Å²) in [5, 5.41) is 12.0. The lowest BCUT2D eigenvalue weighted by molar-refractivity contribution is -0.143. The molecule has 4 atom stereocenters. The van der Waals surface area contributed by atoms with Gasteiger partial charge in [-0.05, 0) is 33.6 Å². The van der Waals surface area contributed by atoms with Crippen LogP contribution in [0.4, 0.5) is 0 Å². The number of likely N-dealkylation sites (tertiary alicyclic amines) is 1. The number of aliphatic carboxylic acids is 1. The molecule has 5 nitrogen and oxygen atoms in total. The molecule has 0 radical (unpaired) electrons. The smallest absolute Gasteiger partial charge is 0.308 e. The van der Waals surface area contributed by atoms with E-state index in [1.807, 2.05) is 32.6 Å². The number of nitrogens with one attached hydrogen (secondary N) is 1. The van der Waals surface area contributed by atoms with Crippen LogP contribution in [0.2, 0.25) is 0 Å². The van der Waals surface area contributed by atoms with E-state index in [1.54, 1.807) is 0 Å². The van der Waals surface area contributed by atoms with E-state index in [-0.39, 0.29) is 30.0 Å². The second-order valence-corrected chi connectivity index (χ2v) is 5.21. The van der Waals surface area contributed by atoms with Crippen molar-refractivity contribution in [1.82, 2.24) is 10.2 Å². The van der Waals surface area contributed by atoms with E-state index in [9.17, 15) is 9.59 Å². The normalized spacial score (nSPS) is 27.8. The minimum Gasteiger partial charge on any atom is -0.481 e. The van der Waals surface area contributed by atoms with Crippen molar-refractivity contribution in [3.05, 3.63) is 0 Å². The second-order valence-electron chi connectivity index (χ2n) is 5.21. The van der Waals surface area contributed by atoms with Crippen LogP contribution in [0.1, 0.15) is 40.5 Å². The third kappa shape index (κ3) is 3.22. The summed E-state index contributed by atoms with van der Waals surface area (Å²) < 4.78 is 0. The van der Waals surface area contributed by atoms with E-state index < -0.39 is 5.97 Å². The Morgan fingerprint density at radius 2 is 2.06 bits per heavy atom. The Labute approximate surface area is 109 Å². The van der Waals surface area contributed by atoms with Crippen LogP contribution in [0, 0.1) is 5.92 Å². The van der Waals surface area contributed by atoms with Crippen LogP contribution < -0.4 is 5.32 Å². The zero-order valence-electron chi connectivity index (χ0n) is 11.6. The lowest BCUT2D eigenvalue weighted by atomic mass is 10.0. The standard InChI is InChI=1S/C13H24N2O3/c1-5-8(2)14-12(16)10(4)15-7-6-11(9(15)3)13(17)18/h8-11H,5-7H2,1-4H3,(H,14,16)(H,17,18). The van der Waals surface area contributed by atoms with Crippen LogP contribution in [0.25, 0.3) is 0 Å². The van der Waals surface area contributed by atoms with E-state index in [2.05, 4.69) is 5.32 Å². The van der Waals surface area contributed by atoms with Crippen molar-refractivity contribution in [2.24, 2.45) is 5.92 Å². The SMILES string of the molecule is CCC(C)NC(=O)C(C)N1CCC(C(=O)O)C1C. The van der Waals surface area contributed by atoms with Gasteiger partial charge in [-0.3, -0.25) is 14.5 Å². The predicted octanol–water partition coefficient (Wildman–Crippen LogP) is 1.08. The fraction of sp³-hybridized carbons (Fsp3) is 0.846. The molecule has 1 aliphatic rings. The van der Waals surface area contributed by atoms with Gasteiger partial charge in [-0.25, -0.2) is 0 Å². The third-order valence-corrected chi connectivity index (χ3v) is 4.00. The Morgan fingerprint density at radius 3 is 2.50 bits per heavy atom. The molecule has 1 heterocycles. The highest BCUT2D eigenvalue weighted by atomic mass is 16.4. The third-order valence-electron chi connectivity index (χ3n) is 4.00. The lowest BCUT2D eigenvalue weighted by Crippen LogP contribution is -2.49. The number of rotatable bonds is 5. The van der Waals surface area contributed by atoms with Gasteiger partial charge in [0.2, 0.25) is 5.91 Å². The van der Waals surface area contributed by atoms with Gasteiger partial charge in [-0.15, -0.1) is 0 Å². The number of carbonyl (C=O) groups is 2. The van der Waals surface area contributed by atoms with Gasteiger partial charge >= 0.3 is 5.97 Å². The van der Waals surface area contributed by atoms with Crippen LogP contribution in [0.15, 0.2) is 0 Å². The fourth-order valence-corrected chi connectivity index (χ4v) is 2.46. The van der Waals surface area contributed by atoms with Crippen LogP contribution in [-0.2, 0) is 9.59 Å². The minimum absolute atomic E-state index is 0.0118. The zero-order valence-corrected chi connectivity index (χ0v) is 11.6. The van der Waals surface area contributed by atoms with Crippen molar-refractivity contribution in [1.29, 1.82) is 0 Å². The van der Waals surface area contributed by atoms with Gasteiger partial charge in [0.1, 0.15) is 0 Å². The summed E-state index contributed by atoms with van der Waals surface area (Å²) in [6.45, 7) is 8.40. The van der Waals surface area contributed by atoms with Gasteiger partial charge in [0.05, 0.1) is 12.0 Å². The molecule has 1 saturated heterocycles. The van der Waals surface area contributed by atoms with Crippen molar-refractivity contribution in [3.63, 3.8) is 0 Å². The van der Waals surface area contributed by atoms with E-state index in [0.717, 1.165) is 6.42 Å². The molecule has 0 aliphatic carbocycles. The second kappa shape index (κ2) is 6.18. The van der Waals surface area contributed by atoms with E-state index in [4.69, 9.17) is 5.11 Å². The van der Waals surface area contributed by atoms with Gasteiger partial charge in [-0.1, -0.05) is 6.92 Å². The van der Waals surface area contributed by atoms with E-state index in [0.29, 0.717) is 13.0 Å². The number of hydrogen-bond donors (Lipinski definition) is 2. The number of carboxylic acids is 1. The Kier molecular flexibility index (Phi) is 5.14. The summed E-state index contributed by atoms with van der Waals surface area (Å²) in [6.07, 6.45) is 1.52. The molecular weight excluding hydrogens is 232 g/mol. The van der Waals surface area contributed by atoms with Crippen molar-refractivity contribution in [2.45, 2.75) is 58.7 Å². The summed E-state index contributed by atoms with van der Waals surface area (Å²) in [7, 11) is 0. The van der Waals surface area contributed by atoms with E-state index >= 15 is 0 Å². The summed E-state index contributed by atoms with van der Waals surface area (Å²) in [4.78, 5) is 25.1. The highest BCUT2D eigenvalue weighted by molar-refractivity contribution is 5.82. The molecule has 2 N–H and O–H groups in total. The highest BCUT2D eigenvalue weighted by Gasteiger charge is 2.39. The molecule has 0 saturated carbocycles. The Morgan fingerprint density at radius 1 is 1.44 bits per heavy atom. The first kappa shape index (κ1) is 15.0. The summed E-state index contributed by atoms with van der Waals surface area (Å²) in [6, 6.07) is -0.188. The van der Waals surface area contributed by atoms with E-state index in [1.165, 1.54) is 0 Å². The van der Waals surface area contributed by atoms with Gasteiger partial charge in [0, 0.05) is 18.6 Å². The molecule has 0 aromatic heterocycles. The molecule has 5 heteroatoms. The molecule has 0 aromatic carbocycles. The first-order chi connectivity index (χ1) is 8.38. The number of carboxylic acid groups (broad SMARTS) is 1. The maximum absolute atomic E-state index is 12.0. The highest BCUT2D eigenvalue weighted by Crippen LogP contribution is 2.26. The molecule has 0 spiro atoms. The van der Waals surface area contributed by atoms with Crippen LogP contribution in [0.3, 0.4) is 0 Å². The monoisotopic (exact) mass is 256 g/mol.